The van der Waals surface area contributed by atoms with Crippen LogP contribution in [-0.4, -0.2) is 33.8 Å². The van der Waals surface area contributed by atoms with Gasteiger partial charge in [-0.2, -0.15) is 0 Å². The van der Waals surface area contributed by atoms with Crippen molar-refractivity contribution in [2.24, 2.45) is 0 Å². The van der Waals surface area contributed by atoms with Crippen LogP contribution in [0.25, 0.3) is 5.76 Å². The molecular weight excluding hydrogens is 446 g/mol. The van der Waals surface area contributed by atoms with Crippen LogP contribution in [0, 0.1) is 0 Å². The Balaban J connectivity index is 1.62. The summed E-state index contributed by atoms with van der Waals surface area (Å²) in [5, 5.41) is 14.0. The average molecular weight is 469 g/mol. The van der Waals surface area contributed by atoms with E-state index in [1.54, 1.807) is 66.9 Å². The molecule has 0 aliphatic carbocycles. The Morgan fingerprint density at radius 1 is 1.11 bits per heavy atom. The number of anilines is 2. The number of aliphatic hydroxyl groups is 1. The maximum Gasteiger partial charge on any atom is 0.300 e. The number of ether oxygens (including phenoxy) is 1. The zero-order valence-electron chi connectivity index (χ0n) is 19.2. The first-order valence-corrected chi connectivity index (χ1v) is 11.2. The molecule has 0 spiro atoms. The number of hydrogen-bond acceptors (Lipinski definition) is 6. The lowest BCUT2D eigenvalue weighted by Gasteiger charge is -2.24. The number of nitrogens with zero attached hydrogens (tertiary/aromatic N) is 2. The van der Waals surface area contributed by atoms with Crippen molar-refractivity contribution in [2.45, 2.75) is 32.4 Å². The summed E-state index contributed by atoms with van der Waals surface area (Å²) in [4.78, 5) is 43.6. The van der Waals surface area contributed by atoms with Gasteiger partial charge >= 0.3 is 0 Å². The number of hydrogen-bond donors (Lipinski definition) is 2. The second-order valence-corrected chi connectivity index (χ2v) is 8.61. The van der Waals surface area contributed by atoms with E-state index in [9.17, 15) is 19.5 Å². The van der Waals surface area contributed by atoms with E-state index in [2.05, 4.69) is 10.3 Å². The van der Waals surface area contributed by atoms with Crippen molar-refractivity contribution in [1.82, 2.24) is 4.98 Å². The summed E-state index contributed by atoms with van der Waals surface area (Å²) in [6.07, 6.45) is 2.29. The van der Waals surface area contributed by atoms with Crippen LogP contribution in [0.2, 0.25) is 0 Å². The third-order valence-electron chi connectivity index (χ3n) is 6.05. The lowest BCUT2D eigenvalue weighted by molar-refractivity contribution is -0.132. The zero-order chi connectivity index (χ0) is 24.7. The summed E-state index contributed by atoms with van der Waals surface area (Å²) in [7, 11) is 0. The van der Waals surface area contributed by atoms with Crippen molar-refractivity contribution in [2.75, 3.05) is 10.2 Å². The topological polar surface area (TPSA) is 109 Å². The fourth-order valence-corrected chi connectivity index (χ4v) is 4.55. The monoisotopic (exact) mass is 469 g/mol. The molecule has 8 nitrogen and oxygen atoms in total. The largest absolute Gasteiger partial charge is 0.507 e. The highest BCUT2D eigenvalue weighted by Crippen LogP contribution is 2.42. The van der Waals surface area contributed by atoms with Gasteiger partial charge in [0.05, 0.1) is 11.3 Å². The minimum absolute atomic E-state index is 0.0296. The highest BCUT2D eigenvalue weighted by atomic mass is 16.5. The maximum atomic E-state index is 13.3. The molecule has 5 rings (SSSR count). The number of carbonyl (C=O) groups excluding carboxylic acids is 3. The van der Waals surface area contributed by atoms with Gasteiger partial charge < -0.3 is 15.2 Å². The summed E-state index contributed by atoms with van der Waals surface area (Å²) >= 11 is 0. The van der Waals surface area contributed by atoms with Gasteiger partial charge in [-0.1, -0.05) is 6.07 Å². The number of rotatable bonds is 4. The predicted molar refractivity (Wildman–Crippen MR) is 130 cm³/mol. The smallest absolute Gasteiger partial charge is 0.300 e. The van der Waals surface area contributed by atoms with Crippen molar-refractivity contribution in [3.8, 4) is 5.75 Å². The minimum atomic E-state index is -0.925. The highest BCUT2D eigenvalue weighted by Gasteiger charge is 2.47. The van der Waals surface area contributed by atoms with E-state index in [1.165, 1.54) is 11.8 Å². The molecule has 1 saturated heterocycles. The molecular formula is C27H23N3O5. The van der Waals surface area contributed by atoms with Crippen LogP contribution < -0.4 is 15.0 Å². The Morgan fingerprint density at radius 2 is 1.89 bits per heavy atom. The number of nitrogens with one attached hydrogen (secondary N) is 1. The van der Waals surface area contributed by atoms with Gasteiger partial charge in [0.1, 0.15) is 23.7 Å². The molecule has 2 aromatic carbocycles. The Kier molecular flexibility index (Phi) is 5.56. The number of Topliss-reactive ketones (excluding diaryl/α,β-unsaturated/α-hetero) is 1. The van der Waals surface area contributed by atoms with Gasteiger partial charge in [-0.05, 0) is 67.1 Å². The first-order valence-electron chi connectivity index (χ1n) is 11.2. The van der Waals surface area contributed by atoms with Gasteiger partial charge in [0, 0.05) is 36.5 Å². The third kappa shape index (κ3) is 4.03. The first kappa shape index (κ1) is 22.3. The zero-order valence-corrected chi connectivity index (χ0v) is 19.2. The first-order chi connectivity index (χ1) is 16.8. The molecule has 2 amide bonds. The molecule has 2 atom stereocenters. The minimum Gasteiger partial charge on any atom is -0.507 e. The van der Waals surface area contributed by atoms with Crippen LogP contribution in [0.15, 0.2) is 72.4 Å². The molecule has 2 N–H and O–H groups in total. The second kappa shape index (κ2) is 8.72. The summed E-state index contributed by atoms with van der Waals surface area (Å²) in [6, 6.07) is 16.1. The Morgan fingerprint density at radius 3 is 2.57 bits per heavy atom. The second-order valence-electron chi connectivity index (χ2n) is 8.61. The van der Waals surface area contributed by atoms with Gasteiger partial charge in [0.2, 0.25) is 5.91 Å². The molecule has 35 heavy (non-hydrogen) atoms. The standard InChI is InChI=1S/C27H23N3O5/c1-15-13-18-14-17(6-11-22(18)35-15)25(32)23-24(21-5-3-4-12-28-21)30(27(34)26(23)33)20-9-7-19(8-10-20)29-16(2)31/h3-12,14-15,24,32H,13H2,1-2H3,(H,29,31)/b25-23-. The van der Waals surface area contributed by atoms with Gasteiger partial charge in [-0.3, -0.25) is 24.3 Å². The number of aromatic nitrogens is 1. The van der Waals surface area contributed by atoms with E-state index in [0.29, 0.717) is 29.1 Å². The number of pyridine rings is 1. The third-order valence-corrected chi connectivity index (χ3v) is 6.05. The number of carbonyl (C=O) groups is 3. The van der Waals surface area contributed by atoms with Crippen molar-refractivity contribution in [3.63, 3.8) is 0 Å². The fourth-order valence-electron chi connectivity index (χ4n) is 4.55. The molecule has 2 unspecified atom stereocenters. The van der Waals surface area contributed by atoms with Crippen molar-refractivity contribution in [1.29, 1.82) is 0 Å². The van der Waals surface area contributed by atoms with Gasteiger partial charge in [-0.25, -0.2) is 0 Å². The fraction of sp³-hybridized carbons (Fsp3) is 0.185. The quantitative estimate of drug-likeness (QED) is 0.340. The Labute approximate surface area is 201 Å². The van der Waals surface area contributed by atoms with Crippen molar-refractivity contribution in [3.05, 3.63) is 89.3 Å². The lowest BCUT2D eigenvalue weighted by atomic mass is 9.96. The number of ketones is 1. The molecule has 2 aliphatic heterocycles. The van der Waals surface area contributed by atoms with E-state index in [4.69, 9.17) is 4.74 Å². The predicted octanol–water partition coefficient (Wildman–Crippen LogP) is 3.99. The Bertz CT molecular complexity index is 1370. The molecule has 0 radical (unpaired) electrons. The molecule has 3 heterocycles. The molecule has 0 saturated carbocycles. The highest BCUT2D eigenvalue weighted by molar-refractivity contribution is 6.51. The van der Waals surface area contributed by atoms with E-state index < -0.39 is 17.7 Å². The van der Waals surface area contributed by atoms with Crippen LogP contribution >= 0.6 is 0 Å². The van der Waals surface area contributed by atoms with Crippen LogP contribution in [0.3, 0.4) is 0 Å². The van der Waals surface area contributed by atoms with Gasteiger partial charge in [-0.15, -0.1) is 0 Å². The number of fused-ring (bicyclic) bond motifs is 1. The molecule has 0 bridgehead atoms. The van der Waals surface area contributed by atoms with Crippen molar-refractivity contribution >= 4 is 34.7 Å². The summed E-state index contributed by atoms with van der Waals surface area (Å²) in [5.41, 5.74) is 2.76. The van der Waals surface area contributed by atoms with Crippen LogP contribution in [-0.2, 0) is 20.8 Å². The number of amides is 2. The summed E-state index contributed by atoms with van der Waals surface area (Å²) in [6.45, 7) is 3.36. The van der Waals surface area contributed by atoms with E-state index >= 15 is 0 Å². The van der Waals surface area contributed by atoms with Crippen molar-refractivity contribution < 1.29 is 24.2 Å². The summed E-state index contributed by atoms with van der Waals surface area (Å²) < 4.78 is 5.74. The SMILES string of the molecule is CC(=O)Nc1ccc(N2C(=O)C(=O)/C(=C(\O)c3ccc4c(c3)CC(C)O4)C2c2ccccn2)cc1. The molecule has 3 aromatic rings. The van der Waals surface area contributed by atoms with Crippen LogP contribution in [0.1, 0.15) is 36.7 Å². The van der Waals surface area contributed by atoms with Crippen LogP contribution in [0.5, 0.6) is 5.75 Å². The normalized spacial score (nSPS) is 20.5. The van der Waals surface area contributed by atoms with Gasteiger partial charge in [0.25, 0.3) is 11.7 Å². The molecule has 2 aliphatic rings. The molecule has 176 valence electrons. The molecule has 1 aromatic heterocycles. The Hall–Kier alpha value is -4.46. The molecule has 8 heteroatoms. The van der Waals surface area contributed by atoms with Crippen LogP contribution in [0.4, 0.5) is 11.4 Å². The van der Waals surface area contributed by atoms with E-state index in [0.717, 1.165) is 11.3 Å². The number of benzene rings is 2. The summed E-state index contributed by atoms with van der Waals surface area (Å²) in [5.74, 6) is -1.31. The van der Waals surface area contributed by atoms with E-state index in [1.807, 2.05) is 6.92 Å². The average Bonchev–Trinajstić information content (AvgIpc) is 3.35. The molecule has 1 fully saturated rings. The number of aliphatic hydroxyl groups excluding tert-OH is 1. The maximum absolute atomic E-state index is 13.3. The lowest BCUT2D eigenvalue weighted by Crippen LogP contribution is -2.29. The van der Waals surface area contributed by atoms with E-state index in [-0.39, 0.29) is 23.3 Å². The van der Waals surface area contributed by atoms with Gasteiger partial charge in [0.15, 0.2) is 0 Å².